The van der Waals surface area contributed by atoms with Crippen LogP contribution in [0.5, 0.6) is 0 Å². The summed E-state index contributed by atoms with van der Waals surface area (Å²) in [7, 11) is 0. The Morgan fingerprint density at radius 1 is 1.42 bits per heavy atom. The summed E-state index contributed by atoms with van der Waals surface area (Å²) in [6.45, 7) is 8.83. The minimum Gasteiger partial charge on any atom is -0.444 e. The summed E-state index contributed by atoms with van der Waals surface area (Å²) in [5.74, 6) is 0.682. The van der Waals surface area contributed by atoms with Gasteiger partial charge >= 0.3 is 6.09 Å². The highest BCUT2D eigenvalue weighted by Crippen LogP contribution is 2.35. The lowest BCUT2D eigenvalue weighted by atomic mass is 9.75. The lowest BCUT2D eigenvalue weighted by molar-refractivity contribution is -0.123. The van der Waals surface area contributed by atoms with Gasteiger partial charge in [0.25, 0.3) is 0 Å². The molecule has 2 unspecified atom stereocenters. The third-order valence-electron chi connectivity index (χ3n) is 3.83. The molecule has 1 aliphatic carbocycles. The normalized spacial score (nSPS) is 27.7. The Labute approximate surface area is 114 Å². The number of fused-ring (bicyclic) bond motifs is 1. The molecule has 0 aromatic heterocycles. The first-order valence-electron chi connectivity index (χ1n) is 6.98. The average Bonchev–Trinajstić information content (AvgIpc) is 2.31. The molecule has 0 spiro atoms. The van der Waals surface area contributed by atoms with Gasteiger partial charge in [0.15, 0.2) is 0 Å². The predicted molar refractivity (Wildman–Crippen MR) is 72.8 cm³/mol. The number of Topliss-reactive ketones (excluding diaryl/α,β-unsaturated/α-hetero) is 1. The van der Waals surface area contributed by atoms with Crippen LogP contribution in [-0.2, 0) is 9.53 Å². The van der Waals surface area contributed by atoms with Crippen LogP contribution in [0.15, 0.2) is 11.6 Å². The standard InChI is InChI=1S/C15H23NO3/c1-10-12-7-8-16(14(18)19-15(2,3)4)9-11(12)5-6-13(10)17/h7,10-11H,5-6,8-9H2,1-4H3. The van der Waals surface area contributed by atoms with Gasteiger partial charge in [-0.3, -0.25) is 4.79 Å². The second-order valence-corrected chi connectivity index (χ2v) is 6.51. The van der Waals surface area contributed by atoms with Crippen LogP contribution in [0.3, 0.4) is 0 Å². The molecule has 1 amide bonds. The zero-order valence-corrected chi connectivity index (χ0v) is 12.2. The molecule has 19 heavy (non-hydrogen) atoms. The Morgan fingerprint density at radius 2 is 2.11 bits per heavy atom. The van der Waals surface area contributed by atoms with Crippen molar-refractivity contribution < 1.29 is 14.3 Å². The van der Waals surface area contributed by atoms with E-state index in [-0.39, 0.29) is 12.0 Å². The van der Waals surface area contributed by atoms with Crippen molar-refractivity contribution in [1.82, 2.24) is 4.90 Å². The Balaban J connectivity index is 2.05. The van der Waals surface area contributed by atoms with Crippen molar-refractivity contribution in [3.63, 3.8) is 0 Å². The fourth-order valence-electron chi connectivity index (χ4n) is 2.81. The maximum Gasteiger partial charge on any atom is 0.410 e. The van der Waals surface area contributed by atoms with E-state index in [1.807, 2.05) is 33.8 Å². The van der Waals surface area contributed by atoms with E-state index in [1.54, 1.807) is 4.90 Å². The molecule has 4 nitrogen and oxygen atoms in total. The van der Waals surface area contributed by atoms with Crippen LogP contribution in [0.1, 0.15) is 40.5 Å². The van der Waals surface area contributed by atoms with Gasteiger partial charge < -0.3 is 9.64 Å². The van der Waals surface area contributed by atoms with Crippen LogP contribution in [0.2, 0.25) is 0 Å². The van der Waals surface area contributed by atoms with Crippen molar-refractivity contribution >= 4 is 11.9 Å². The largest absolute Gasteiger partial charge is 0.444 e. The highest BCUT2D eigenvalue weighted by molar-refractivity contribution is 5.85. The molecular formula is C15H23NO3. The van der Waals surface area contributed by atoms with Crippen LogP contribution in [0.25, 0.3) is 0 Å². The van der Waals surface area contributed by atoms with Crippen LogP contribution >= 0.6 is 0 Å². The Morgan fingerprint density at radius 3 is 2.74 bits per heavy atom. The van der Waals surface area contributed by atoms with Crippen LogP contribution in [-0.4, -0.2) is 35.5 Å². The zero-order valence-electron chi connectivity index (χ0n) is 12.2. The number of rotatable bonds is 0. The van der Waals surface area contributed by atoms with Gasteiger partial charge in [-0.25, -0.2) is 4.79 Å². The molecule has 0 aromatic rings. The Bertz CT molecular complexity index is 420. The maximum absolute atomic E-state index is 12.0. The molecule has 1 aliphatic heterocycles. The monoisotopic (exact) mass is 265 g/mol. The molecule has 0 N–H and O–H groups in total. The molecule has 0 aromatic carbocycles. The molecule has 2 atom stereocenters. The number of carbonyl (C=O) groups is 2. The average molecular weight is 265 g/mol. The van der Waals surface area contributed by atoms with E-state index in [1.165, 1.54) is 5.57 Å². The molecule has 1 heterocycles. The van der Waals surface area contributed by atoms with Gasteiger partial charge in [-0.2, -0.15) is 0 Å². The van der Waals surface area contributed by atoms with Gasteiger partial charge in [-0.15, -0.1) is 0 Å². The van der Waals surface area contributed by atoms with Crippen molar-refractivity contribution in [3.8, 4) is 0 Å². The number of ether oxygens (including phenoxy) is 1. The van der Waals surface area contributed by atoms with Crippen molar-refractivity contribution in [3.05, 3.63) is 11.6 Å². The minimum atomic E-state index is -0.461. The summed E-state index contributed by atoms with van der Waals surface area (Å²) in [6, 6.07) is 0. The first-order valence-corrected chi connectivity index (χ1v) is 6.98. The second kappa shape index (κ2) is 4.99. The van der Waals surface area contributed by atoms with Crippen LogP contribution in [0.4, 0.5) is 4.79 Å². The highest BCUT2D eigenvalue weighted by atomic mass is 16.6. The Kier molecular flexibility index (Phi) is 3.70. The maximum atomic E-state index is 12.0. The number of hydrogen-bond donors (Lipinski definition) is 0. The Hall–Kier alpha value is -1.32. The van der Waals surface area contributed by atoms with Crippen molar-refractivity contribution in [2.24, 2.45) is 11.8 Å². The van der Waals surface area contributed by atoms with Gasteiger partial charge in [0, 0.05) is 25.4 Å². The van der Waals surface area contributed by atoms with E-state index >= 15 is 0 Å². The molecule has 0 saturated heterocycles. The summed E-state index contributed by atoms with van der Waals surface area (Å²) in [5, 5.41) is 0. The molecule has 0 bridgehead atoms. The molecule has 106 valence electrons. The molecule has 2 rings (SSSR count). The van der Waals surface area contributed by atoms with E-state index in [0.717, 1.165) is 6.42 Å². The molecular weight excluding hydrogens is 242 g/mol. The topological polar surface area (TPSA) is 46.6 Å². The lowest BCUT2D eigenvalue weighted by Crippen LogP contribution is -2.44. The van der Waals surface area contributed by atoms with E-state index in [9.17, 15) is 9.59 Å². The first-order chi connectivity index (χ1) is 8.78. The predicted octanol–water partition coefficient (Wildman–Crippen LogP) is 2.78. The molecule has 1 saturated carbocycles. The van der Waals surface area contributed by atoms with Gasteiger partial charge in [-0.05, 0) is 33.1 Å². The summed E-state index contributed by atoms with van der Waals surface area (Å²) in [5.41, 5.74) is 0.757. The van der Waals surface area contributed by atoms with E-state index in [0.29, 0.717) is 31.2 Å². The summed E-state index contributed by atoms with van der Waals surface area (Å²) >= 11 is 0. The highest BCUT2D eigenvalue weighted by Gasteiger charge is 2.35. The van der Waals surface area contributed by atoms with Gasteiger partial charge in [-0.1, -0.05) is 18.6 Å². The zero-order chi connectivity index (χ0) is 14.2. The fraction of sp³-hybridized carbons (Fsp3) is 0.733. The summed E-state index contributed by atoms with van der Waals surface area (Å²) in [4.78, 5) is 25.5. The van der Waals surface area contributed by atoms with Crippen molar-refractivity contribution in [1.29, 1.82) is 0 Å². The summed E-state index contributed by atoms with van der Waals surface area (Å²) < 4.78 is 5.40. The number of carbonyl (C=O) groups excluding carboxylic acids is 2. The third-order valence-corrected chi connectivity index (χ3v) is 3.83. The minimum absolute atomic E-state index is 0.0273. The SMILES string of the molecule is CC1C(=O)CCC2CN(C(=O)OC(C)(C)C)CC=C21. The van der Waals surface area contributed by atoms with Gasteiger partial charge in [0.1, 0.15) is 11.4 Å². The fourth-order valence-corrected chi connectivity index (χ4v) is 2.81. The number of hydrogen-bond acceptors (Lipinski definition) is 3. The van der Waals surface area contributed by atoms with E-state index < -0.39 is 5.60 Å². The molecule has 0 radical (unpaired) electrons. The number of ketones is 1. The van der Waals surface area contributed by atoms with Gasteiger partial charge in [0.05, 0.1) is 0 Å². The number of nitrogens with zero attached hydrogens (tertiary/aromatic N) is 1. The summed E-state index contributed by atoms with van der Waals surface area (Å²) in [6.07, 6.45) is 3.27. The molecule has 1 fully saturated rings. The molecule has 4 heteroatoms. The van der Waals surface area contributed by atoms with Crippen LogP contribution in [0, 0.1) is 11.8 Å². The van der Waals surface area contributed by atoms with E-state index in [4.69, 9.17) is 4.74 Å². The second-order valence-electron chi connectivity index (χ2n) is 6.51. The van der Waals surface area contributed by atoms with E-state index in [2.05, 4.69) is 0 Å². The number of amides is 1. The van der Waals surface area contributed by atoms with Crippen LogP contribution < -0.4 is 0 Å². The van der Waals surface area contributed by atoms with Crippen molar-refractivity contribution in [2.45, 2.75) is 46.1 Å². The third kappa shape index (κ3) is 3.17. The lowest BCUT2D eigenvalue weighted by Gasteiger charge is -2.38. The van der Waals surface area contributed by atoms with Crippen molar-refractivity contribution in [2.75, 3.05) is 13.1 Å². The smallest absolute Gasteiger partial charge is 0.410 e. The van der Waals surface area contributed by atoms with Gasteiger partial charge in [0.2, 0.25) is 0 Å². The quantitative estimate of drug-likeness (QED) is 0.633. The molecule has 2 aliphatic rings. The first kappa shape index (κ1) is 14.1.